The Bertz CT molecular complexity index is 1520. The van der Waals surface area contributed by atoms with Gasteiger partial charge in [-0.15, -0.1) is 0 Å². The molecule has 234 valence electrons. The highest BCUT2D eigenvalue weighted by atomic mass is 35.5. The van der Waals surface area contributed by atoms with E-state index in [1.807, 2.05) is 47.4 Å². The fraction of sp³-hybridized carbons (Fsp3) is 0.359. The zero-order valence-corrected chi connectivity index (χ0v) is 26.7. The number of benzene rings is 4. The van der Waals surface area contributed by atoms with Crippen LogP contribution in [-0.4, -0.2) is 35.7 Å². The van der Waals surface area contributed by atoms with Crippen molar-refractivity contribution >= 4 is 17.5 Å². The van der Waals surface area contributed by atoms with Gasteiger partial charge in [-0.2, -0.15) is 0 Å². The lowest BCUT2D eigenvalue weighted by Crippen LogP contribution is -2.35. The van der Waals surface area contributed by atoms with Crippen molar-refractivity contribution in [2.75, 3.05) is 6.61 Å². The molecule has 4 aromatic carbocycles. The average molecular weight is 624 g/mol. The topological polar surface area (TPSA) is 48.0 Å². The summed E-state index contributed by atoms with van der Waals surface area (Å²) in [5, 5.41) is 0.745. The molecule has 3 unspecified atom stereocenters. The Balaban J connectivity index is 1.13. The lowest BCUT2D eigenvalue weighted by molar-refractivity contribution is -0.142. The van der Waals surface area contributed by atoms with E-state index in [0.717, 1.165) is 59.4 Å². The Morgan fingerprint density at radius 2 is 1.49 bits per heavy atom. The Morgan fingerprint density at radius 3 is 2.16 bits per heavy atom. The van der Waals surface area contributed by atoms with Crippen LogP contribution in [0.2, 0.25) is 5.02 Å². The SMILES string of the molecule is CC(=O)N(Cc1ccc(Cc2cc(C3CC(OCc4ccccc4)CC(COCc4ccccc4)O3)ccc2Cl)cc1)C1CC1. The molecule has 3 atom stereocenters. The van der Waals surface area contributed by atoms with Crippen LogP contribution in [0.15, 0.2) is 103 Å². The largest absolute Gasteiger partial charge is 0.374 e. The first kappa shape index (κ1) is 31.5. The monoisotopic (exact) mass is 623 g/mol. The van der Waals surface area contributed by atoms with Crippen LogP contribution in [0, 0.1) is 0 Å². The molecule has 1 aliphatic heterocycles. The molecule has 1 amide bonds. The van der Waals surface area contributed by atoms with Crippen molar-refractivity contribution in [2.24, 2.45) is 0 Å². The summed E-state index contributed by atoms with van der Waals surface area (Å²) in [6.45, 7) is 3.96. The smallest absolute Gasteiger partial charge is 0.219 e. The number of hydrogen-bond acceptors (Lipinski definition) is 4. The molecule has 0 aromatic heterocycles. The van der Waals surface area contributed by atoms with E-state index in [4.69, 9.17) is 25.8 Å². The van der Waals surface area contributed by atoms with Crippen molar-refractivity contribution in [1.82, 2.24) is 4.90 Å². The van der Waals surface area contributed by atoms with Gasteiger partial charge in [-0.05, 0) is 58.7 Å². The quantitative estimate of drug-likeness (QED) is 0.150. The van der Waals surface area contributed by atoms with Crippen molar-refractivity contribution < 1.29 is 19.0 Å². The molecule has 45 heavy (non-hydrogen) atoms. The second-order valence-electron chi connectivity index (χ2n) is 12.4. The molecular formula is C39H42ClNO4. The van der Waals surface area contributed by atoms with E-state index in [1.54, 1.807) is 6.92 Å². The summed E-state index contributed by atoms with van der Waals surface area (Å²) in [7, 11) is 0. The van der Waals surface area contributed by atoms with E-state index in [0.29, 0.717) is 32.4 Å². The Morgan fingerprint density at radius 1 is 0.822 bits per heavy atom. The Kier molecular flexibility index (Phi) is 10.6. The van der Waals surface area contributed by atoms with Gasteiger partial charge >= 0.3 is 0 Å². The standard InChI is InChI=1S/C39H42ClNO4/c1-28(42)41(35-17-18-35)24-30-14-12-29(13-15-30)20-34-21-33(16-19-38(34)40)39-23-36(44-26-32-10-6-3-7-11-32)22-37(45-39)27-43-25-31-8-4-2-5-9-31/h2-16,19,21,35-37,39H,17-18,20,22-27H2,1H3. The summed E-state index contributed by atoms with van der Waals surface area (Å²) in [6.07, 6.45) is 4.34. The third kappa shape index (κ3) is 9.05. The third-order valence-corrected chi connectivity index (χ3v) is 9.08. The van der Waals surface area contributed by atoms with Crippen molar-refractivity contribution in [2.45, 2.75) is 83.1 Å². The van der Waals surface area contributed by atoms with Crippen LogP contribution in [0.4, 0.5) is 0 Å². The minimum absolute atomic E-state index is 0.0474. The third-order valence-electron chi connectivity index (χ3n) is 8.71. The van der Waals surface area contributed by atoms with Crippen molar-refractivity contribution in [3.8, 4) is 0 Å². The minimum atomic E-state index is -0.122. The van der Waals surface area contributed by atoms with Crippen LogP contribution < -0.4 is 0 Å². The minimum Gasteiger partial charge on any atom is -0.374 e. The fourth-order valence-corrected chi connectivity index (χ4v) is 6.28. The highest BCUT2D eigenvalue weighted by molar-refractivity contribution is 6.31. The summed E-state index contributed by atoms with van der Waals surface area (Å²) in [4.78, 5) is 14.1. The van der Waals surface area contributed by atoms with Gasteiger partial charge in [0.15, 0.2) is 0 Å². The summed E-state index contributed by atoms with van der Waals surface area (Å²) in [5.41, 5.74) is 6.82. The summed E-state index contributed by atoms with van der Waals surface area (Å²) in [5.74, 6) is 0.146. The average Bonchev–Trinajstić information content (AvgIpc) is 3.91. The van der Waals surface area contributed by atoms with Crippen LogP contribution in [0.1, 0.15) is 72.1 Å². The predicted molar refractivity (Wildman–Crippen MR) is 178 cm³/mol. The predicted octanol–water partition coefficient (Wildman–Crippen LogP) is 8.46. The molecule has 2 fully saturated rings. The van der Waals surface area contributed by atoms with Crippen LogP contribution in [-0.2, 0) is 45.2 Å². The first-order chi connectivity index (χ1) is 22.0. The van der Waals surface area contributed by atoms with Gasteiger partial charge in [0.25, 0.3) is 0 Å². The van der Waals surface area contributed by atoms with Crippen molar-refractivity contribution in [1.29, 1.82) is 0 Å². The van der Waals surface area contributed by atoms with Gasteiger partial charge in [0, 0.05) is 37.4 Å². The van der Waals surface area contributed by atoms with E-state index in [2.05, 4.69) is 60.7 Å². The fourth-order valence-electron chi connectivity index (χ4n) is 6.09. The van der Waals surface area contributed by atoms with Gasteiger partial charge in [-0.25, -0.2) is 0 Å². The van der Waals surface area contributed by atoms with E-state index in [1.165, 1.54) is 11.1 Å². The molecule has 0 spiro atoms. The van der Waals surface area contributed by atoms with Crippen LogP contribution in [0.25, 0.3) is 0 Å². The molecule has 4 aromatic rings. The highest BCUT2D eigenvalue weighted by Gasteiger charge is 2.32. The summed E-state index contributed by atoms with van der Waals surface area (Å²) in [6, 6.07) is 35.8. The number of carbonyl (C=O) groups is 1. The maximum absolute atomic E-state index is 12.1. The van der Waals surface area contributed by atoms with Gasteiger partial charge in [0.1, 0.15) is 0 Å². The van der Waals surface area contributed by atoms with Gasteiger partial charge in [0.2, 0.25) is 5.91 Å². The lowest BCUT2D eigenvalue weighted by atomic mass is 9.93. The van der Waals surface area contributed by atoms with E-state index in [9.17, 15) is 4.79 Å². The number of hydrogen-bond donors (Lipinski definition) is 0. The Hall–Kier alpha value is -3.48. The van der Waals surface area contributed by atoms with Crippen LogP contribution in [0.3, 0.4) is 0 Å². The number of halogens is 1. The zero-order chi connectivity index (χ0) is 31.0. The first-order valence-electron chi connectivity index (χ1n) is 16.1. The molecule has 1 heterocycles. The lowest BCUT2D eigenvalue weighted by Gasteiger charge is -2.36. The second kappa shape index (κ2) is 15.2. The molecule has 1 aliphatic carbocycles. The van der Waals surface area contributed by atoms with Gasteiger partial charge < -0.3 is 19.1 Å². The van der Waals surface area contributed by atoms with Gasteiger partial charge in [-0.3, -0.25) is 4.79 Å². The van der Waals surface area contributed by atoms with Crippen molar-refractivity contribution in [3.05, 3.63) is 142 Å². The maximum atomic E-state index is 12.1. The zero-order valence-electron chi connectivity index (χ0n) is 25.9. The number of nitrogens with zero attached hydrogens (tertiary/aromatic N) is 1. The number of carbonyl (C=O) groups excluding carboxylic acids is 1. The van der Waals surface area contributed by atoms with Gasteiger partial charge in [0.05, 0.1) is 38.1 Å². The van der Waals surface area contributed by atoms with Crippen LogP contribution in [0.5, 0.6) is 0 Å². The molecule has 1 saturated carbocycles. The first-order valence-corrected chi connectivity index (χ1v) is 16.4. The molecule has 0 N–H and O–H groups in total. The molecule has 6 heteroatoms. The number of ether oxygens (including phenoxy) is 3. The molecule has 6 rings (SSSR count). The van der Waals surface area contributed by atoms with Crippen molar-refractivity contribution in [3.63, 3.8) is 0 Å². The number of rotatable bonds is 13. The molecule has 2 aliphatic rings. The maximum Gasteiger partial charge on any atom is 0.219 e. The highest BCUT2D eigenvalue weighted by Crippen LogP contribution is 2.36. The molecule has 0 radical (unpaired) electrons. The van der Waals surface area contributed by atoms with E-state index < -0.39 is 0 Å². The molecule has 5 nitrogen and oxygen atoms in total. The summed E-state index contributed by atoms with van der Waals surface area (Å²) >= 11 is 6.73. The van der Waals surface area contributed by atoms with E-state index >= 15 is 0 Å². The Labute approximate surface area is 272 Å². The van der Waals surface area contributed by atoms with Crippen LogP contribution >= 0.6 is 11.6 Å². The normalized spacial score (nSPS) is 19.7. The molecule has 1 saturated heterocycles. The summed E-state index contributed by atoms with van der Waals surface area (Å²) < 4.78 is 19.2. The van der Waals surface area contributed by atoms with E-state index in [-0.39, 0.29) is 24.2 Å². The number of amides is 1. The van der Waals surface area contributed by atoms with Gasteiger partial charge in [-0.1, -0.05) is 109 Å². The second-order valence-corrected chi connectivity index (χ2v) is 12.8. The molecular weight excluding hydrogens is 582 g/mol. The molecule has 0 bridgehead atoms.